The van der Waals surface area contributed by atoms with E-state index < -0.39 is 23.6 Å². The predicted octanol–water partition coefficient (Wildman–Crippen LogP) is 3.17. The molecule has 1 rings (SSSR count). The largest absolute Gasteiger partial charge is 0.460 e. The molecule has 0 fully saturated rings. The zero-order chi connectivity index (χ0) is 12.6. The number of halogens is 7. The molecule has 0 aromatic carbocycles. The Labute approximate surface area is 84.9 Å². The summed E-state index contributed by atoms with van der Waals surface area (Å²) in [5.74, 6) is -11.6. The molecule has 1 nitrogen and oxygen atoms in total. The van der Waals surface area contributed by atoms with E-state index in [1.54, 1.807) is 6.07 Å². The fourth-order valence-corrected chi connectivity index (χ4v) is 0.844. The smallest absolute Gasteiger partial charge is 0.264 e. The van der Waals surface area contributed by atoms with Gasteiger partial charge in [0.2, 0.25) is 0 Å². The Kier molecular flexibility index (Phi) is 2.86. The van der Waals surface area contributed by atoms with Crippen molar-refractivity contribution in [3.8, 4) is 0 Å². The Morgan fingerprint density at radius 3 is 1.94 bits per heavy atom. The monoisotopic (exact) mass is 246 g/mol. The zero-order valence-electron chi connectivity index (χ0n) is 7.33. The second-order valence-electron chi connectivity index (χ2n) is 2.80. The molecule has 0 unspecified atom stereocenters. The van der Waals surface area contributed by atoms with Gasteiger partial charge in [-0.15, -0.1) is 0 Å². The zero-order valence-corrected chi connectivity index (χ0v) is 7.33. The predicted molar refractivity (Wildman–Crippen MR) is 38.0 cm³/mol. The molecular formula is C8H3F7N. The summed E-state index contributed by atoms with van der Waals surface area (Å²) in [6.07, 6.45) is -5.22. The van der Waals surface area contributed by atoms with Gasteiger partial charge in [0, 0.05) is 12.4 Å². The Morgan fingerprint density at radius 1 is 1.00 bits per heavy atom. The molecule has 8 heteroatoms. The summed E-state index contributed by atoms with van der Waals surface area (Å²) in [6.45, 7) is 0. The third kappa shape index (κ3) is 1.83. The quantitative estimate of drug-likeness (QED) is 0.730. The van der Waals surface area contributed by atoms with Crippen LogP contribution in [-0.4, -0.2) is 17.1 Å². The van der Waals surface area contributed by atoms with Crippen LogP contribution in [0.25, 0.3) is 0 Å². The SMILES string of the molecule is FC(F)(F)C(F)(F)C(F)(F)c1[c]ccnc1. The van der Waals surface area contributed by atoms with Gasteiger partial charge in [0.15, 0.2) is 0 Å². The Hall–Kier alpha value is -1.34. The van der Waals surface area contributed by atoms with Crippen LogP contribution in [0, 0.1) is 6.07 Å². The van der Waals surface area contributed by atoms with E-state index in [-0.39, 0.29) is 6.20 Å². The number of nitrogens with zero attached hydrogens (tertiary/aromatic N) is 1. The topological polar surface area (TPSA) is 12.9 Å². The summed E-state index contributed by atoms with van der Waals surface area (Å²) in [5.41, 5.74) is -1.61. The second-order valence-corrected chi connectivity index (χ2v) is 2.80. The van der Waals surface area contributed by atoms with E-state index in [9.17, 15) is 30.7 Å². The molecule has 0 saturated heterocycles. The van der Waals surface area contributed by atoms with Gasteiger partial charge in [0.05, 0.1) is 5.56 Å². The molecule has 1 heterocycles. The van der Waals surface area contributed by atoms with Gasteiger partial charge in [-0.1, -0.05) is 0 Å². The van der Waals surface area contributed by atoms with Crippen molar-refractivity contribution in [2.45, 2.75) is 18.0 Å². The van der Waals surface area contributed by atoms with Crippen molar-refractivity contribution in [3.05, 3.63) is 30.1 Å². The first-order valence-electron chi connectivity index (χ1n) is 3.75. The summed E-state index contributed by atoms with van der Waals surface area (Å²) in [6, 6.07) is 2.31. The second kappa shape index (κ2) is 3.60. The normalized spacial score (nSPS) is 13.9. The van der Waals surface area contributed by atoms with Crippen LogP contribution >= 0.6 is 0 Å². The van der Waals surface area contributed by atoms with Crippen molar-refractivity contribution in [1.29, 1.82) is 0 Å². The molecule has 0 aliphatic carbocycles. The molecule has 1 aromatic rings. The minimum Gasteiger partial charge on any atom is -0.264 e. The van der Waals surface area contributed by atoms with Crippen LogP contribution in [0.5, 0.6) is 0 Å². The minimum atomic E-state index is -6.35. The number of alkyl halides is 7. The van der Waals surface area contributed by atoms with Gasteiger partial charge < -0.3 is 0 Å². The van der Waals surface area contributed by atoms with Crippen LogP contribution in [0.4, 0.5) is 30.7 Å². The van der Waals surface area contributed by atoms with E-state index in [2.05, 4.69) is 4.98 Å². The average molecular weight is 246 g/mol. The summed E-state index contributed by atoms with van der Waals surface area (Å²) in [5, 5.41) is 0. The third-order valence-electron chi connectivity index (χ3n) is 1.69. The third-order valence-corrected chi connectivity index (χ3v) is 1.69. The van der Waals surface area contributed by atoms with Crippen LogP contribution in [0.2, 0.25) is 0 Å². The highest BCUT2D eigenvalue weighted by Crippen LogP contribution is 2.51. The van der Waals surface area contributed by atoms with Crippen molar-refractivity contribution in [2.24, 2.45) is 0 Å². The molecule has 0 amide bonds. The fraction of sp³-hybridized carbons (Fsp3) is 0.375. The molecule has 0 atom stereocenters. The Morgan fingerprint density at radius 2 is 1.56 bits per heavy atom. The summed E-state index contributed by atoms with van der Waals surface area (Å²) in [7, 11) is 0. The van der Waals surface area contributed by atoms with Gasteiger partial charge in [0.1, 0.15) is 0 Å². The number of hydrogen-bond acceptors (Lipinski definition) is 1. The van der Waals surface area contributed by atoms with Crippen LogP contribution in [0.15, 0.2) is 18.5 Å². The molecule has 0 aliphatic rings. The lowest BCUT2D eigenvalue weighted by molar-refractivity contribution is -0.359. The van der Waals surface area contributed by atoms with Gasteiger partial charge >= 0.3 is 18.0 Å². The van der Waals surface area contributed by atoms with E-state index in [1.165, 1.54) is 0 Å². The van der Waals surface area contributed by atoms with Gasteiger partial charge in [-0.3, -0.25) is 4.98 Å². The first-order valence-corrected chi connectivity index (χ1v) is 3.75. The Bertz CT molecular complexity index is 356. The van der Waals surface area contributed by atoms with Crippen molar-refractivity contribution < 1.29 is 30.7 Å². The number of pyridine rings is 1. The van der Waals surface area contributed by atoms with Crippen molar-refractivity contribution in [2.75, 3.05) is 0 Å². The maximum Gasteiger partial charge on any atom is 0.460 e. The molecule has 1 radical (unpaired) electrons. The molecule has 89 valence electrons. The van der Waals surface area contributed by atoms with E-state index in [0.717, 1.165) is 12.3 Å². The van der Waals surface area contributed by atoms with Crippen LogP contribution in [-0.2, 0) is 5.92 Å². The lowest BCUT2D eigenvalue weighted by Gasteiger charge is -2.27. The van der Waals surface area contributed by atoms with Crippen LogP contribution < -0.4 is 0 Å². The van der Waals surface area contributed by atoms with Crippen molar-refractivity contribution >= 4 is 0 Å². The molecule has 16 heavy (non-hydrogen) atoms. The lowest BCUT2D eigenvalue weighted by Crippen LogP contribution is -2.50. The van der Waals surface area contributed by atoms with Gasteiger partial charge in [0.25, 0.3) is 0 Å². The van der Waals surface area contributed by atoms with Crippen LogP contribution in [0.3, 0.4) is 0 Å². The standard InChI is InChI=1S/C8H3F7N/c9-6(10,5-2-1-3-16-4-5)7(11,12)8(13,14)15/h1,3-4H. The molecule has 0 aliphatic heterocycles. The molecular weight excluding hydrogens is 243 g/mol. The minimum absolute atomic E-state index is 0.208. The van der Waals surface area contributed by atoms with E-state index >= 15 is 0 Å². The van der Waals surface area contributed by atoms with Crippen molar-refractivity contribution in [3.63, 3.8) is 0 Å². The van der Waals surface area contributed by atoms with Gasteiger partial charge in [-0.2, -0.15) is 30.7 Å². The molecule has 0 spiro atoms. The number of aromatic nitrogens is 1. The fourth-order valence-electron chi connectivity index (χ4n) is 0.844. The molecule has 0 N–H and O–H groups in total. The van der Waals surface area contributed by atoms with Crippen LogP contribution in [0.1, 0.15) is 5.56 Å². The van der Waals surface area contributed by atoms with E-state index in [0.29, 0.717) is 0 Å². The summed E-state index contributed by atoms with van der Waals surface area (Å²) in [4.78, 5) is 3.03. The first kappa shape index (κ1) is 12.7. The maximum atomic E-state index is 12.9. The molecule has 1 aromatic heterocycles. The molecule has 0 bridgehead atoms. The Balaban J connectivity index is 3.22. The highest BCUT2D eigenvalue weighted by atomic mass is 19.4. The maximum absolute atomic E-state index is 12.9. The van der Waals surface area contributed by atoms with Gasteiger partial charge in [-0.05, 0) is 12.1 Å². The first-order chi connectivity index (χ1) is 7.11. The highest BCUT2D eigenvalue weighted by molar-refractivity contribution is 5.18. The summed E-state index contributed by atoms with van der Waals surface area (Å²) >= 11 is 0. The highest BCUT2D eigenvalue weighted by Gasteiger charge is 2.73. The summed E-state index contributed by atoms with van der Waals surface area (Å²) < 4.78 is 86.0. The van der Waals surface area contributed by atoms with Crippen molar-refractivity contribution in [1.82, 2.24) is 4.98 Å². The molecule has 0 saturated carbocycles. The van der Waals surface area contributed by atoms with E-state index in [1.807, 2.05) is 0 Å². The average Bonchev–Trinajstić information content (AvgIpc) is 2.17. The van der Waals surface area contributed by atoms with E-state index in [4.69, 9.17) is 0 Å². The number of rotatable bonds is 2. The lowest BCUT2D eigenvalue weighted by atomic mass is 10.0. The number of hydrogen-bond donors (Lipinski definition) is 0. The van der Waals surface area contributed by atoms with Gasteiger partial charge in [-0.25, -0.2) is 0 Å².